The quantitative estimate of drug-likeness (QED) is 0.859. The van der Waals surface area contributed by atoms with Gasteiger partial charge in [0, 0.05) is 0 Å². The summed E-state index contributed by atoms with van der Waals surface area (Å²) in [6.07, 6.45) is -0.688. The van der Waals surface area contributed by atoms with Crippen LogP contribution in [0.4, 0.5) is 0 Å². The Labute approximate surface area is 112 Å². The fraction of sp³-hybridized carbons (Fsp3) is 0.188. The number of aryl methyl sites for hydroxylation is 1. The Morgan fingerprint density at radius 1 is 1.11 bits per heavy atom. The van der Waals surface area contributed by atoms with Crippen molar-refractivity contribution in [2.24, 2.45) is 0 Å². The summed E-state index contributed by atoms with van der Waals surface area (Å²) in [6, 6.07) is 14.5. The highest BCUT2D eigenvalue weighted by Crippen LogP contribution is 2.23. The standard InChI is InChI=1S/C16H16O3/c1-11-4-3-5-14(10-11)15(17)12-6-8-13(9-7-12)16(18)19-2/h3-10,15,17H,1-2H3. The van der Waals surface area contributed by atoms with Crippen LogP contribution in [0.2, 0.25) is 0 Å². The number of aliphatic hydroxyl groups is 1. The molecule has 2 aromatic carbocycles. The Hall–Kier alpha value is -2.13. The monoisotopic (exact) mass is 256 g/mol. The van der Waals surface area contributed by atoms with Crippen molar-refractivity contribution < 1.29 is 14.6 Å². The van der Waals surface area contributed by atoms with Gasteiger partial charge in [0.25, 0.3) is 0 Å². The van der Waals surface area contributed by atoms with Crippen LogP contribution in [0.5, 0.6) is 0 Å². The van der Waals surface area contributed by atoms with Crippen LogP contribution in [0, 0.1) is 6.92 Å². The van der Waals surface area contributed by atoms with Gasteiger partial charge in [-0.25, -0.2) is 4.79 Å². The molecule has 3 heteroatoms. The number of methoxy groups -OCH3 is 1. The van der Waals surface area contributed by atoms with Crippen LogP contribution >= 0.6 is 0 Å². The van der Waals surface area contributed by atoms with Gasteiger partial charge in [0.05, 0.1) is 12.7 Å². The number of aliphatic hydroxyl groups excluding tert-OH is 1. The van der Waals surface area contributed by atoms with Gasteiger partial charge in [-0.05, 0) is 30.2 Å². The van der Waals surface area contributed by atoms with Gasteiger partial charge in [0.1, 0.15) is 6.10 Å². The molecule has 0 heterocycles. The Kier molecular flexibility index (Phi) is 3.97. The molecule has 0 aliphatic carbocycles. The van der Waals surface area contributed by atoms with Crippen molar-refractivity contribution in [2.75, 3.05) is 7.11 Å². The molecule has 0 saturated heterocycles. The van der Waals surface area contributed by atoms with Crippen LogP contribution in [0.1, 0.15) is 33.2 Å². The summed E-state index contributed by atoms with van der Waals surface area (Å²) in [5.41, 5.74) is 3.16. The molecule has 0 saturated carbocycles. The molecule has 98 valence electrons. The first-order chi connectivity index (χ1) is 9.11. The lowest BCUT2D eigenvalue weighted by Gasteiger charge is -2.12. The minimum absolute atomic E-state index is 0.378. The molecular formula is C16H16O3. The molecule has 0 spiro atoms. The zero-order chi connectivity index (χ0) is 13.8. The average Bonchev–Trinajstić information content (AvgIpc) is 2.46. The molecule has 2 aromatic rings. The minimum atomic E-state index is -0.688. The van der Waals surface area contributed by atoms with E-state index in [-0.39, 0.29) is 5.97 Å². The highest BCUT2D eigenvalue weighted by Gasteiger charge is 2.11. The molecule has 1 unspecified atom stereocenters. The SMILES string of the molecule is COC(=O)c1ccc(C(O)c2cccc(C)c2)cc1. The first-order valence-corrected chi connectivity index (χ1v) is 6.04. The van der Waals surface area contributed by atoms with Gasteiger partial charge in [-0.3, -0.25) is 0 Å². The van der Waals surface area contributed by atoms with Gasteiger partial charge in [-0.2, -0.15) is 0 Å². The number of ether oxygens (including phenoxy) is 1. The second-order valence-electron chi connectivity index (χ2n) is 4.43. The van der Waals surface area contributed by atoms with Crippen LogP contribution in [0.3, 0.4) is 0 Å². The summed E-state index contributed by atoms with van der Waals surface area (Å²) in [6.45, 7) is 1.98. The summed E-state index contributed by atoms with van der Waals surface area (Å²) in [5, 5.41) is 10.3. The fourth-order valence-electron chi connectivity index (χ4n) is 1.95. The van der Waals surface area contributed by atoms with Crippen molar-refractivity contribution in [3.63, 3.8) is 0 Å². The van der Waals surface area contributed by atoms with E-state index in [0.29, 0.717) is 5.56 Å². The largest absolute Gasteiger partial charge is 0.465 e. The maximum atomic E-state index is 11.3. The normalized spacial score (nSPS) is 11.9. The van der Waals surface area contributed by atoms with Crippen LogP contribution in [-0.2, 0) is 4.74 Å². The maximum absolute atomic E-state index is 11.3. The molecular weight excluding hydrogens is 240 g/mol. The first kappa shape index (κ1) is 13.3. The van der Waals surface area contributed by atoms with E-state index in [0.717, 1.165) is 16.7 Å². The zero-order valence-corrected chi connectivity index (χ0v) is 11.0. The van der Waals surface area contributed by atoms with E-state index in [2.05, 4.69) is 4.74 Å². The van der Waals surface area contributed by atoms with Crippen LogP contribution < -0.4 is 0 Å². The number of rotatable bonds is 3. The lowest BCUT2D eigenvalue weighted by Crippen LogP contribution is -2.03. The molecule has 0 bridgehead atoms. The van der Waals surface area contributed by atoms with E-state index >= 15 is 0 Å². The van der Waals surface area contributed by atoms with Gasteiger partial charge in [-0.1, -0.05) is 42.0 Å². The minimum Gasteiger partial charge on any atom is -0.465 e. The Bertz CT molecular complexity index is 573. The number of esters is 1. The Balaban J connectivity index is 2.25. The third-order valence-electron chi connectivity index (χ3n) is 3.01. The predicted molar refractivity (Wildman–Crippen MR) is 73.0 cm³/mol. The molecule has 1 atom stereocenters. The van der Waals surface area contributed by atoms with Crippen molar-refractivity contribution in [2.45, 2.75) is 13.0 Å². The topological polar surface area (TPSA) is 46.5 Å². The Morgan fingerprint density at radius 2 is 1.79 bits per heavy atom. The van der Waals surface area contributed by atoms with Gasteiger partial charge in [0.2, 0.25) is 0 Å². The maximum Gasteiger partial charge on any atom is 0.337 e. The number of hydrogen-bond acceptors (Lipinski definition) is 3. The molecule has 1 N–H and O–H groups in total. The van der Waals surface area contributed by atoms with Crippen molar-refractivity contribution in [1.82, 2.24) is 0 Å². The summed E-state index contributed by atoms with van der Waals surface area (Å²) in [7, 11) is 1.35. The summed E-state index contributed by atoms with van der Waals surface area (Å²) in [4.78, 5) is 11.3. The molecule has 0 aromatic heterocycles. The third kappa shape index (κ3) is 3.01. The molecule has 0 fully saturated rings. The third-order valence-corrected chi connectivity index (χ3v) is 3.01. The second kappa shape index (κ2) is 5.67. The lowest BCUT2D eigenvalue weighted by atomic mass is 9.99. The van der Waals surface area contributed by atoms with Crippen molar-refractivity contribution in [3.05, 3.63) is 70.8 Å². The van der Waals surface area contributed by atoms with E-state index in [1.807, 2.05) is 31.2 Å². The van der Waals surface area contributed by atoms with Crippen LogP contribution in [0.25, 0.3) is 0 Å². The zero-order valence-electron chi connectivity index (χ0n) is 11.0. The predicted octanol–water partition coefficient (Wildman–Crippen LogP) is 2.86. The van der Waals surface area contributed by atoms with E-state index in [4.69, 9.17) is 0 Å². The smallest absolute Gasteiger partial charge is 0.337 e. The van der Waals surface area contributed by atoms with Gasteiger partial charge < -0.3 is 9.84 Å². The van der Waals surface area contributed by atoms with Crippen LogP contribution in [0.15, 0.2) is 48.5 Å². The summed E-state index contributed by atoms with van der Waals surface area (Å²) >= 11 is 0. The van der Waals surface area contributed by atoms with Crippen molar-refractivity contribution >= 4 is 5.97 Å². The second-order valence-corrected chi connectivity index (χ2v) is 4.43. The fourth-order valence-corrected chi connectivity index (χ4v) is 1.95. The highest BCUT2D eigenvalue weighted by molar-refractivity contribution is 5.89. The van der Waals surface area contributed by atoms with E-state index in [9.17, 15) is 9.90 Å². The number of carbonyl (C=O) groups excluding carboxylic acids is 1. The first-order valence-electron chi connectivity index (χ1n) is 6.04. The average molecular weight is 256 g/mol. The van der Waals surface area contributed by atoms with E-state index < -0.39 is 6.10 Å². The van der Waals surface area contributed by atoms with Crippen molar-refractivity contribution in [3.8, 4) is 0 Å². The molecule has 0 aliphatic heterocycles. The highest BCUT2D eigenvalue weighted by atomic mass is 16.5. The van der Waals surface area contributed by atoms with Crippen LogP contribution in [-0.4, -0.2) is 18.2 Å². The van der Waals surface area contributed by atoms with Crippen molar-refractivity contribution in [1.29, 1.82) is 0 Å². The van der Waals surface area contributed by atoms with E-state index in [1.165, 1.54) is 7.11 Å². The molecule has 0 amide bonds. The Morgan fingerprint density at radius 3 is 2.37 bits per heavy atom. The lowest BCUT2D eigenvalue weighted by molar-refractivity contribution is 0.0600. The molecule has 0 aliphatic rings. The summed E-state index contributed by atoms with van der Waals surface area (Å²) in [5.74, 6) is -0.378. The number of benzene rings is 2. The summed E-state index contributed by atoms with van der Waals surface area (Å²) < 4.78 is 4.64. The molecule has 2 rings (SSSR count). The van der Waals surface area contributed by atoms with Gasteiger partial charge >= 0.3 is 5.97 Å². The molecule has 19 heavy (non-hydrogen) atoms. The van der Waals surface area contributed by atoms with Gasteiger partial charge in [-0.15, -0.1) is 0 Å². The van der Waals surface area contributed by atoms with Gasteiger partial charge in [0.15, 0.2) is 0 Å². The number of carbonyl (C=O) groups is 1. The molecule has 3 nitrogen and oxygen atoms in total. The molecule has 0 radical (unpaired) electrons. The number of hydrogen-bond donors (Lipinski definition) is 1. The van der Waals surface area contributed by atoms with E-state index in [1.54, 1.807) is 24.3 Å².